The molecule has 0 aliphatic carbocycles. The standard InChI is InChI=1S/C7H13Cl2Si/c1-3-4-10(2)6-7(9)5-8/h3,7H,1,4-6H2,2H3. The van der Waals surface area contributed by atoms with Gasteiger partial charge in [0.2, 0.25) is 0 Å². The van der Waals surface area contributed by atoms with E-state index in [2.05, 4.69) is 13.1 Å². The zero-order valence-electron chi connectivity index (χ0n) is 6.24. The van der Waals surface area contributed by atoms with Gasteiger partial charge >= 0.3 is 0 Å². The van der Waals surface area contributed by atoms with Gasteiger partial charge in [0.15, 0.2) is 0 Å². The zero-order chi connectivity index (χ0) is 7.98. The fraction of sp³-hybridized carbons (Fsp3) is 0.714. The largest absolute Gasteiger partial charge is 0.125 e. The monoisotopic (exact) mass is 195 g/mol. The predicted molar refractivity (Wildman–Crippen MR) is 51.8 cm³/mol. The van der Waals surface area contributed by atoms with Crippen LogP contribution < -0.4 is 0 Å². The minimum atomic E-state index is -0.286. The van der Waals surface area contributed by atoms with E-state index in [4.69, 9.17) is 23.2 Å². The lowest BCUT2D eigenvalue weighted by molar-refractivity contribution is 1.08. The number of alkyl halides is 2. The molecule has 0 rings (SSSR count). The van der Waals surface area contributed by atoms with Crippen molar-refractivity contribution in [2.75, 3.05) is 5.88 Å². The smallest absolute Gasteiger partial charge is 0.0501 e. The average molecular weight is 196 g/mol. The first-order valence-electron chi connectivity index (χ1n) is 3.33. The molecule has 0 spiro atoms. The lowest BCUT2D eigenvalue weighted by atomic mass is 10.6. The molecule has 1 radical (unpaired) electrons. The number of rotatable bonds is 5. The summed E-state index contributed by atoms with van der Waals surface area (Å²) in [6.07, 6.45) is 1.96. The van der Waals surface area contributed by atoms with Crippen LogP contribution in [0.2, 0.25) is 18.6 Å². The van der Waals surface area contributed by atoms with Crippen molar-refractivity contribution >= 4 is 32.0 Å². The third-order valence-electron chi connectivity index (χ3n) is 1.23. The summed E-state index contributed by atoms with van der Waals surface area (Å²) in [5.41, 5.74) is 0. The summed E-state index contributed by atoms with van der Waals surface area (Å²) in [4.78, 5) is 0. The van der Waals surface area contributed by atoms with E-state index >= 15 is 0 Å². The Kier molecular flexibility index (Phi) is 6.60. The third-order valence-corrected chi connectivity index (χ3v) is 4.50. The van der Waals surface area contributed by atoms with Gasteiger partial charge in [-0.25, -0.2) is 0 Å². The number of halogens is 2. The Hall–Kier alpha value is 0.537. The predicted octanol–water partition coefficient (Wildman–Crippen LogP) is 3.14. The maximum Gasteiger partial charge on any atom is 0.0501 e. The van der Waals surface area contributed by atoms with E-state index in [1.807, 2.05) is 6.08 Å². The van der Waals surface area contributed by atoms with Crippen molar-refractivity contribution in [2.24, 2.45) is 0 Å². The van der Waals surface area contributed by atoms with Gasteiger partial charge in [-0.05, 0) is 12.1 Å². The Labute approximate surface area is 74.8 Å². The van der Waals surface area contributed by atoms with Crippen LogP contribution in [0.5, 0.6) is 0 Å². The van der Waals surface area contributed by atoms with Crippen LogP contribution in [0, 0.1) is 0 Å². The summed E-state index contributed by atoms with van der Waals surface area (Å²) in [6, 6.07) is 2.21. The Morgan fingerprint density at radius 1 is 1.70 bits per heavy atom. The molecule has 0 aliphatic rings. The van der Waals surface area contributed by atoms with Gasteiger partial charge in [0, 0.05) is 11.3 Å². The van der Waals surface area contributed by atoms with Crippen LogP contribution in [0.25, 0.3) is 0 Å². The van der Waals surface area contributed by atoms with Crippen molar-refractivity contribution in [3.05, 3.63) is 12.7 Å². The van der Waals surface area contributed by atoms with Gasteiger partial charge in [-0.15, -0.1) is 29.8 Å². The van der Waals surface area contributed by atoms with E-state index in [1.165, 1.54) is 0 Å². The van der Waals surface area contributed by atoms with E-state index in [9.17, 15) is 0 Å². The quantitative estimate of drug-likeness (QED) is 0.360. The highest BCUT2D eigenvalue weighted by molar-refractivity contribution is 6.59. The van der Waals surface area contributed by atoms with Gasteiger partial charge in [0.25, 0.3) is 0 Å². The molecule has 1 unspecified atom stereocenters. The Bertz CT molecular complexity index is 95.6. The molecule has 0 saturated heterocycles. The van der Waals surface area contributed by atoms with E-state index < -0.39 is 0 Å². The normalized spacial score (nSPS) is 13.6. The van der Waals surface area contributed by atoms with Gasteiger partial charge in [-0.3, -0.25) is 0 Å². The summed E-state index contributed by atoms with van der Waals surface area (Å²) in [5, 5.41) is 0.167. The second-order valence-electron chi connectivity index (χ2n) is 2.41. The molecule has 0 aromatic heterocycles. The third kappa shape index (κ3) is 5.33. The second kappa shape index (κ2) is 6.26. The molecule has 0 amide bonds. The Morgan fingerprint density at radius 2 is 2.30 bits per heavy atom. The molecule has 0 aromatic rings. The highest BCUT2D eigenvalue weighted by atomic mass is 35.5. The highest BCUT2D eigenvalue weighted by Crippen LogP contribution is 2.10. The van der Waals surface area contributed by atoms with Gasteiger partial charge in [-0.1, -0.05) is 12.6 Å². The van der Waals surface area contributed by atoms with Crippen LogP contribution in [0.15, 0.2) is 12.7 Å². The highest BCUT2D eigenvalue weighted by Gasteiger charge is 2.08. The first-order valence-corrected chi connectivity index (χ1v) is 6.71. The Balaban J connectivity index is 3.35. The van der Waals surface area contributed by atoms with Crippen LogP contribution in [0.4, 0.5) is 0 Å². The number of allylic oxidation sites excluding steroid dienone is 1. The van der Waals surface area contributed by atoms with Crippen LogP contribution in [0.1, 0.15) is 0 Å². The maximum atomic E-state index is 5.86. The lowest BCUT2D eigenvalue weighted by Gasteiger charge is -2.08. The topological polar surface area (TPSA) is 0 Å². The summed E-state index contributed by atoms with van der Waals surface area (Å²) in [6.45, 7) is 5.94. The summed E-state index contributed by atoms with van der Waals surface area (Å²) in [7, 11) is -0.286. The molecule has 3 heteroatoms. The second-order valence-corrected chi connectivity index (χ2v) is 6.06. The van der Waals surface area contributed by atoms with Crippen LogP contribution >= 0.6 is 23.2 Å². The molecule has 0 aliphatic heterocycles. The van der Waals surface area contributed by atoms with Gasteiger partial charge in [0.1, 0.15) is 0 Å². The van der Waals surface area contributed by atoms with E-state index in [1.54, 1.807) is 0 Å². The minimum Gasteiger partial charge on any atom is -0.125 e. The molecular weight excluding hydrogens is 183 g/mol. The van der Waals surface area contributed by atoms with Crippen LogP contribution in [-0.4, -0.2) is 20.1 Å². The Morgan fingerprint density at radius 3 is 2.70 bits per heavy atom. The fourth-order valence-corrected chi connectivity index (χ4v) is 3.40. The number of hydrogen-bond acceptors (Lipinski definition) is 0. The van der Waals surface area contributed by atoms with E-state index in [0.29, 0.717) is 5.88 Å². The van der Waals surface area contributed by atoms with Crippen molar-refractivity contribution in [1.82, 2.24) is 0 Å². The summed E-state index contributed by atoms with van der Waals surface area (Å²) < 4.78 is 0. The first-order chi connectivity index (χ1) is 4.70. The molecule has 0 saturated carbocycles. The van der Waals surface area contributed by atoms with Gasteiger partial charge in [0.05, 0.1) is 8.80 Å². The fourth-order valence-electron chi connectivity index (χ4n) is 0.762. The molecule has 0 heterocycles. The molecule has 10 heavy (non-hydrogen) atoms. The molecule has 59 valence electrons. The SMILES string of the molecule is C=CC[Si](C)CC(Cl)CCl. The van der Waals surface area contributed by atoms with Crippen molar-refractivity contribution in [3.8, 4) is 0 Å². The molecule has 0 bridgehead atoms. The van der Waals surface area contributed by atoms with Crippen molar-refractivity contribution in [3.63, 3.8) is 0 Å². The van der Waals surface area contributed by atoms with Crippen molar-refractivity contribution in [1.29, 1.82) is 0 Å². The molecule has 1 atom stereocenters. The minimum absolute atomic E-state index is 0.167. The van der Waals surface area contributed by atoms with Crippen molar-refractivity contribution < 1.29 is 0 Å². The number of hydrogen-bond donors (Lipinski definition) is 0. The van der Waals surface area contributed by atoms with E-state index in [0.717, 1.165) is 12.1 Å². The molecule has 0 N–H and O–H groups in total. The maximum absolute atomic E-state index is 5.86. The van der Waals surface area contributed by atoms with Gasteiger partial charge < -0.3 is 0 Å². The van der Waals surface area contributed by atoms with Crippen molar-refractivity contribution in [2.45, 2.75) is 24.0 Å². The summed E-state index contributed by atoms with van der Waals surface area (Å²) in [5.74, 6) is 0.570. The molecule has 0 nitrogen and oxygen atoms in total. The van der Waals surface area contributed by atoms with Crippen LogP contribution in [0.3, 0.4) is 0 Å². The zero-order valence-corrected chi connectivity index (χ0v) is 8.75. The molecular formula is C7H13Cl2Si. The molecule has 0 aromatic carbocycles. The lowest BCUT2D eigenvalue weighted by Crippen LogP contribution is -2.13. The van der Waals surface area contributed by atoms with Crippen LogP contribution in [-0.2, 0) is 0 Å². The van der Waals surface area contributed by atoms with E-state index in [-0.39, 0.29) is 14.2 Å². The molecule has 0 fully saturated rings. The summed E-state index contributed by atoms with van der Waals surface area (Å²) >= 11 is 11.4. The van der Waals surface area contributed by atoms with Gasteiger partial charge in [-0.2, -0.15) is 0 Å². The average Bonchev–Trinajstić information content (AvgIpc) is 1.88. The first kappa shape index (κ1) is 10.5.